The summed E-state index contributed by atoms with van der Waals surface area (Å²) in [6.45, 7) is 2.83. The lowest BCUT2D eigenvalue weighted by Gasteiger charge is -2.27. The number of methoxy groups -OCH3 is 1. The van der Waals surface area contributed by atoms with Crippen molar-refractivity contribution >= 4 is 11.8 Å². The van der Waals surface area contributed by atoms with Gasteiger partial charge in [-0.3, -0.25) is 9.78 Å². The molecule has 0 aliphatic carbocycles. The van der Waals surface area contributed by atoms with Gasteiger partial charge in [-0.05, 0) is 13.3 Å². The molecular weight excluding hydrogens is 304 g/mol. The summed E-state index contributed by atoms with van der Waals surface area (Å²) >= 11 is 0. The van der Waals surface area contributed by atoms with E-state index < -0.39 is 24.7 Å². The van der Waals surface area contributed by atoms with Crippen LogP contribution >= 0.6 is 0 Å². The third-order valence-corrected chi connectivity index (χ3v) is 4.19. The van der Waals surface area contributed by atoms with Crippen LogP contribution in [0.2, 0.25) is 0 Å². The lowest BCUT2D eigenvalue weighted by atomic mass is 10.2. The minimum atomic E-state index is -0.901. The Bertz CT molecular complexity index is 622. The van der Waals surface area contributed by atoms with Gasteiger partial charge in [0.15, 0.2) is 12.5 Å². The highest BCUT2D eigenvalue weighted by molar-refractivity contribution is 5.54. The molecule has 4 atom stereocenters. The van der Waals surface area contributed by atoms with Crippen LogP contribution in [0.4, 0.5) is 11.8 Å². The zero-order valence-electron chi connectivity index (χ0n) is 13.4. The molecule has 0 radical (unpaired) electrons. The largest absolute Gasteiger partial charge is 0.385 e. The van der Waals surface area contributed by atoms with Crippen molar-refractivity contribution in [2.75, 3.05) is 37.5 Å². The fourth-order valence-electron chi connectivity index (χ4n) is 3.08. The number of ether oxygens (including phenoxy) is 3. The molecule has 3 rings (SSSR count). The van der Waals surface area contributed by atoms with E-state index in [-0.39, 0.29) is 5.56 Å². The Morgan fingerprint density at radius 2 is 2.35 bits per heavy atom. The van der Waals surface area contributed by atoms with E-state index in [2.05, 4.69) is 15.3 Å². The Morgan fingerprint density at radius 3 is 3.00 bits per heavy atom. The van der Waals surface area contributed by atoms with Gasteiger partial charge in [0.1, 0.15) is 18.0 Å². The topological polar surface area (TPSA) is 109 Å². The van der Waals surface area contributed by atoms with E-state index in [1.165, 1.54) is 7.11 Å². The van der Waals surface area contributed by atoms with Gasteiger partial charge in [0.2, 0.25) is 5.95 Å². The highest BCUT2D eigenvalue weighted by Crippen LogP contribution is 2.33. The SMILES string of the molecule is CCOC1OC(N2CCc3c2nc(NC)[nH]c3=O)C(O)C1OC. The molecule has 1 saturated heterocycles. The lowest BCUT2D eigenvalue weighted by molar-refractivity contribution is -0.168. The third kappa shape index (κ3) is 2.69. The number of H-pyrrole nitrogens is 1. The van der Waals surface area contributed by atoms with Crippen LogP contribution in [0.25, 0.3) is 0 Å². The molecule has 0 saturated carbocycles. The van der Waals surface area contributed by atoms with Crippen molar-refractivity contribution in [3.05, 3.63) is 15.9 Å². The molecule has 9 heteroatoms. The number of hydrogen-bond acceptors (Lipinski definition) is 8. The summed E-state index contributed by atoms with van der Waals surface area (Å²) < 4.78 is 16.6. The van der Waals surface area contributed by atoms with Crippen LogP contribution in [-0.4, -0.2) is 67.1 Å². The van der Waals surface area contributed by atoms with E-state index >= 15 is 0 Å². The normalized spacial score (nSPS) is 29.8. The lowest BCUT2D eigenvalue weighted by Crippen LogP contribution is -2.44. The van der Waals surface area contributed by atoms with Crippen molar-refractivity contribution in [2.24, 2.45) is 0 Å². The number of fused-ring (bicyclic) bond motifs is 1. The highest BCUT2D eigenvalue weighted by atomic mass is 16.7. The van der Waals surface area contributed by atoms with Crippen molar-refractivity contribution in [1.82, 2.24) is 9.97 Å². The van der Waals surface area contributed by atoms with Gasteiger partial charge < -0.3 is 29.5 Å². The van der Waals surface area contributed by atoms with Crippen molar-refractivity contribution in [3.8, 4) is 0 Å². The minimum absolute atomic E-state index is 0.181. The van der Waals surface area contributed by atoms with Gasteiger partial charge >= 0.3 is 0 Å². The average molecular weight is 326 g/mol. The van der Waals surface area contributed by atoms with E-state index in [0.29, 0.717) is 36.9 Å². The Labute approximate surface area is 133 Å². The molecule has 3 N–H and O–H groups in total. The molecule has 2 aliphatic rings. The average Bonchev–Trinajstić information content (AvgIpc) is 3.09. The van der Waals surface area contributed by atoms with E-state index in [1.807, 2.05) is 6.92 Å². The zero-order chi connectivity index (χ0) is 16.6. The van der Waals surface area contributed by atoms with E-state index in [4.69, 9.17) is 14.2 Å². The third-order valence-electron chi connectivity index (χ3n) is 4.19. The predicted molar refractivity (Wildman–Crippen MR) is 82.5 cm³/mol. The zero-order valence-corrected chi connectivity index (χ0v) is 13.4. The maximum atomic E-state index is 12.1. The quantitative estimate of drug-likeness (QED) is 0.650. The molecule has 3 heterocycles. The van der Waals surface area contributed by atoms with Gasteiger partial charge in [0, 0.05) is 27.3 Å². The van der Waals surface area contributed by atoms with Gasteiger partial charge in [-0.15, -0.1) is 0 Å². The highest BCUT2D eigenvalue weighted by Gasteiger charge is 2.49. The summed E-state index contributed by atoms with van der Waals surface area (Å²) in [6, 6.07) is 0. The van der Waals surface area contributed by atoms with Crippen LogP contribution in [0, 0.1) is 0 Å². The molecule has 4 unspecified atom stereocenters. The van der Waals surface area contributed by atoms with Crippen LogP contribution in [0.3, 0.4) is 0 Å². The maximum absolute atomic E-state index is 12.1. The number of anilines is 2. The Hall–Kier alpha value is -1.68. The fourth-order valence-corrected chi connectivity index (χ4v) is 3.08. The number of aromatic nitrogens is 2. The molecule has 1 aromatic rings. The summed E-state index contributed by atoms with van der Waals surface area (Å²) in [5.74, 6) is 0.895. The molecular formula is C14H22N4O5. The summed E-state index contributed by atoms with van der Waals surface area (Å²) in [5.41, 5.74) is 0.410. The number of hydrogen-bond donors (Lipinski definition) is 3. The summed E-state index contributed by atoms with van der Waals surface area (Å²) in [5, 5.41) is 13.3. The molecule has 2 aliphatic heterocycles. The van der Waals surface area contributed by atoms with Crippen LogP contribution in [0.5, 0.6) is 0 Å². The van der Waals surface area contributed by atoms with E-state index in [9.17, 15) is 9.90 Å². The van der Waals surface area contributed by atoms with Crippen molar-refractivity contribution in [1.29, 1.82) is 0 Å². The standard InChI is InChI=1S/C14H22N4O5/c1-4-22-13-9(21-3)8(19)12(23-13)18-6-5-7-10(18)16-14(15-2)17-11(7)20/h8-9,12-13,19H,4-6H2,1-3H3,(H2,15,16,17,20). The van der Waals surface area contributed by atoms with Crippen LogP contribution < -0.4 is 15.8 Å². The van der Waals surface area contributed by atoms with E-state index in [1.54, 1.807) is 11.9 Å². The molecule has 9 nitrogen and oxygen atoms in total. The van der Waals surface area contributed by atoms with Gasteiger partial charge in [0.25, 0.3) is 5.56 Å². The second-order valence-corrected chi connectivity index (χ2v) is 5.45. The van der Waals surface area contributed by atoms with Gasteiger partial charge in [-0.25, -0.2) is 0 Å². The second-order valence-electron chi connectivity index (χ2n) is 5.45. The van der Waals surface area contributed by atoms with Gasteiger partial charge in [0.05, 0.1) is 5.56 Å². The first-order valence-electron chi connectivity index (χ1n) is 7.66. The molecule has 23 heavy (non-hydrogen) atoms. The Morgan fingerprint density at radius 1 is 1.57 bits per heavy atom. The van der Waals surface area contributed by atoms with Crippen LogP contribution in [0.1, 0.15) is 12.5 Å². The number of aromatic amines is 1. The molecule has 0 amide bonds. The summed E-state index contributed by atoms with van der Waals surface area (Å²) in [7, 11) is 3.18. The van der Waals surface area contributed by atoms with Crippen molar-refractivity contribution in [3.63, 3.8) is 0 Å². The number of aliphatic hydroxyl groups is 1. The minimum Gasteiger partial charge on any atom is -0.385 e. The number of rotatable bonds is 5. The molecule has 128 valence electrons. The fraction of sp³-hybridized carbons (Fsp3) is 0.714. The van der Waals surface area contributed by atoms with Crippen LogP contribution in [-0.2, 0) is 20.6 Å². The number of nitrogens with one attached hydrogen (secondary N) is 2. The summed E-state index contributed by atoms with van der Waals surface area (Å²) in [6.07, 6.45) is -2.27. The first kappa shape index (κ1) is 16.2. The Kier molecular flexibility index (Phi) is 4.53. The first-order chi connectivity index (χ1) is 11.1. The van der Waals surface area contributed by atoms with E-state index in [0.717, 1.165) is 0 Å². The second kappa shape index (κ2) is 6.44. The van der Waals surface area contributed by atoms with Crippen molar-refractivity contribution in [2.45, 2.75) is 38.1 Å². The van der Waals surface area contributed by atoms with Gasteiger partial charge in [-0.2, -0.15) is 4.98 Å². The monoisotopic (exact) mass is 326 g/mol. The Balaban J connectivity index is 1.90. The molecule has 1 aromatic heterocycles. The molecule has 0 bridgehead atoms. The van der Waals surface area contributed by atoms with Gasteiger partial charge in [-0.1, -0.05) is 0 Å². The molecule has 0 aromatic carbocycles. The smallest absolute Gasteiger partial charge is 0.257 e. The summed E-state index contributed by atoms with van der Waals surface area (Å²) in [4.78, 5) is 21.0. The van der Waals surface area contributed by atoms with Crippen LogP contribution in [0.15, 0.2) is 4.79 Å². The first-order valence-corrected chi connectivity index (χ1v) is 7.66. The number of aliphatic hydroxyl groups excluding tert-OH is 1. The van der Waals surface area contributed by atoms with Crippen molar-refractivity contribution < 1.29 is 19.3 Å². The maximum Gasteiger partial charge on any atom is 0.257 e. The number of nitrogens with zero attached hydrogens (tertiary/aromatic N) is 2. The molecule has 1 fully saturated rings. The molecule has 0 spiro atoms. The predicted octanol–water partition coefficient (Wildman–Crippen LogP) is -0.731.